The highest BCUT2D eigenvalue weighted by atomic mass is 32.1. The summed E-state index contributed by atoms with van der Waals surface area (Å²) in [5.74, 6) is -2.31. The van der Waals surface area contributed by atoms with Crippen molar-refractivity contribution in [1.82, 2.24) is 0 Å². The average Bonchev–Trinajstić information content (AvgIpc) is 3.28. The third-order valence-corrected chi connectivity index (χ3v) is 6.30. The number of rotatable bonds is 14. The molecule has 7 nitrogen and oxygen atoms in total. The van der Waals surface area contributed by atoms with E-state index >= 15 is 0 Å². The molecule has 8 heteroatoms. The number of thiophene rings is 1. The number of esters is 1. The number of carbonyl (C=O) groups is 2. The Balaban J connectivity index is 2.16. The van der Waals surface area contributed by atoms with Gasteiger partial charge in [-0.2, -0.15) is 0 Å². The number of carbonyl (C=O) groups excluding carboxylic acids is 2. The second kappa shape index (κ2) is 13.9. The number of anilines is 2. The Labute approximate surface area is 222 Å². The lowest BCUT2D eigenvalue weighted by Gasteiger charge is -2.29. The third-order valence-electron chi connectivity index (χ3n) is 5.18. The molecule has 0 saturated carbocycles. The second-order valence-corrected chi connectivity index (χ2v) is 8.71. The molecule has 0 aliphatic carbocycles. The van der Waals surface area contributed by atoms with Crippen LogP contribution < -0.4 is 5.32 Å². The molecular weight excluding hydrogens is 490 g/mol. The zero-order valence-corrected chi connectivity index (χ0v) is 22.4. The Morgan fingerprint density at radius 3 is 1.95 bits per heavy atom. The number of hydrogen-bond acceptors (Lipinski definition) is 8. The predicted molar refractivity (Wildman–Crippen MR) is 147 cm³/mol. The van der Waals surface area contributed by atoms with Gasteiger partial charge in [0.25, 0.3) is 0 Å². The molecule has 0 amide bonds. The van der Waals surface area contributed by atoms with Gasteiger partial charge < -0.3 is 24.3 Å². The fourth-order valence-corrected chi connectivity index (χ4v) is 4.90. The normalized spacial score (nSPS) is 11.6. The summed E-state index contributed by atoms with van der Waals surface area (Å²) in [6.45, 7) is 8.39. The van der Waals surface area contributed by atoms with E-state index in [-0.39, 0.29) is 12.4 Å². The molecule has 3 aromatic rings. The molecule has 3 rings (SSSR count). The number of ketones is 1. The minimum atomic E-state index is -1.48. The van der Waals surface area contributed by atoms with Crippen molar-refractivity contribution in [2.45, 2.75) is 33.7 Å². The van der Waals surface area contributed by atoms with Crippen LogP contribution in [0.15, 0.2) is 72.8 Å². The van der Waals surface area contributed by atoms with E-state index in [9.17, 15) is 9.59 Å². The zero-order chi connectivity index (χ0) is 26.7. The minimum absolute atomic E-state index is 0.205. The molecule has 1 aromatic heterocycles. The van der Waals surface area contributed by atoms with Crippen molar-refractivity contribution in [2.24, 2.45) is 0 Å². The summed E-state index contributed by atoms with van der Waals surface area (Å²) in [5, 5.41) is 3.82. The van der Waals surface area contributed by atoms with Crippen molar-refractivity contribution < 1.29 is 28.5 Å². The first-order chi connectivity index (χ1) is 18.0. The first-order valence-electron chi connectivity index (χ1n) is 12.3. The SMILES string of the molecule is CCOC(=O)c1c(Nc2ccccc2)sc(C(=O)/C=C/C(OCC)(OCC)OCC)c1-c1ccccc1. The van der Waals surface area contributed by atoms with Gasteiger partial charge >= 0.3 is 11.9 Å². The number of allylic oxidation sites excluding steroid dienone is 1. The predicted octanol–water partition coefficient (Wildman–Crippen LogP) is 6.84. The highest BCUT2D eigenvalue weighted by Gasteiger charge is 2.32. The molecule has 0 fully saturated rings. The quantitative estimate of drug-likeness (QED) is 0.107. The minimum Gasteiger partial charge on any atom is -0.462 e. The van der Waals surface area contributed by atoms with Crippen LogP contribution >= 0.6 is 11.3 Å². The highest BCUT2D eigenvalue weighted by Crippen LogP contribution is 2.42. The van der Waals surface area contributed by atoms with Gasteiger partial charge in [0.1, 0.15) is 10.6 Å². The first-order valence-corrected chi connectivity index (χ1v) is 13.2. The van der Waals surface area contributed by atoms with E-state index in [2.05, 4.69) is 5.32 Å². The number of benzene rings is 2. The lowest BCUT2D eigenvalue weighted by atomic mass is 9.99. The summed E-state index contributed by atoms with van der Waals surface area (Å²) in [6.07, 6.45) is 2.86. The molecule has 37 heavy (non-hydrogen) atoms. The molecule has 0 bridgehead atoms. The van der Waals surface area contributed by atoms with Gasteiger partial charge in [-0.15, -0.1) is 11.3 Å². The molecule has 2 aromatic carbocycles. The van der Waals surface area contributed by atoms with Crippen molar-refractivity contribution in [3.63, 3.8) is 0 Å². The van der Waals surface area contributed by atoms with Gasteiger partial charge in [0.2, 0.25) is 0 Å². The molecular formula is C29H33NO6S. The molecule has 0 atom stereocenters. The first kappa shape index (κ1) is 28.3. The van der Waals surface area contributed by atoms with Gasteiger partial charge in [0.05, 0.1) is 11.5 Å². The molecule has 0 radical (unpaired) electrons. The molecule has 0 aliphatic heterocycles. The van der Waals surface area contributed by atoms with Crippen LogP contribution in [-0.4, -0.2) is 44.2 Å². The lowest BCUT2D eigenvalue weighted by molar-refractivity contribution is -0.345. The van der Waals surface area contributed by atoms with Gasteiger partial charge in [0.15, 0.2) is 5.78 Å². The number of ether oxygens (including phenoxy) is 4. The maximum absolute atomic E-state index is 13.7. The van der Waals surface area contributed by atoms with Crippen LogP contribution in [0.5, 0.6) is 0 Å². The van der Waals surface area contributed by atoms with Crippen molar-refractivity contribution in [3.05, 3.63) is 83.3 Å². The van der Waals surface area contributed by atoms with E-state index in [1.54, 1.807) is 6.92 Å². The fourth-order valence-electron chi connectivity index (χ4n) is 3.75. The van der Waals surface area contributed by atoms with Gasteiger partial charge in [-0.1, -0.05) is 48.5 Å². The summed E-state index contributed by atoms with van der Waals surface area (Å²) in [4.78, 5) is 27.3. The summed E-state index contributed by atoms with van der Waals surface area (Å²) < 4.78 is 22.6. The van der Waals surface area contributed by atoms with Crippen LogP contribution in [0.3, 0.4) is 0 Å². The lowest BCUT2D eigenvalue weighted by Crippen LogP contribution is -2.37. The largest absolute Gasteiger partial charge is 0.462 e. The highest BCUT2D eigenvalue weighted by molar-refractivity contribution is 7.19. The summed E-state index contributed by atoms with van der Waals surface area (Å²) in [7, 11) is 0. The van der Waals surface area contributed by atoms with Crippen LogP contribution in [0, 0.1) is 0 Å². The van der Waals surface area contributed by atoms with Crippen molar-refractivity contribution in [2.75, 3.05) is 31.7 Å². The van der Waals surface area contributed by atoms with Gasteiger partial charge in [0, 0.05) is 37.1 Å². The van der Waals surface area contributed by atoms with Crippen LogP contribution in [0.2, 0.25) is 0 Å². The summed E-state index contributed by atoms with van der Waals surface area (Å²) >= 11 is 1.19. The van der Waals surface area contributed by atoms with E-state index in [4.69, 9.17) is 18.9 Å². The number of para-hydroxylation sites is 1. The Kier molecular flexibility index (Phi) is 10.6. The van der Waals surface area contributed by atoms with E-state index in [1.807, 2.05) is 81.4 Å². The molecule has 0 unspecified atom stereocenters. The molecule has 0 aliphatic rings. The van der Waals surface area contributed by atoms with Crippen molar-refractivity contribution >= 4 is 33.8 Å². The molecule has 196 valence electrons. The Morgan fingerprint density at radius 1 is 0.838 bits per heavy atom. The Bertz CT molecular complexity index is 1170. The number of hydrogen-bond donors (Lipinski definition) is 1. The molecule has 0 spiro atoms. The van der Waals surface area contributed by atoms with E-state index in [0.29, 0.717) is 40.8 Å². The monoisotopic (exact) mass is 523 g/mol. The van der Waals surface area contributed by atoms with Gasteiger partial charge in [-0.25, -0.2) is 4.79 Å². The molecule has 1 heterocycles. The third kappa shape index (κ3) is 7.14. The summed E-state index contributed by atoms with van der Waals surface area (Å²) in [5.41, 5.74) is 2.33. The summed E-state index contributed by atoms with van der Waals surface area (Å²) in [6, 6.07) is 18.8. The van der Waals surface area contributed by atoms with Gasteiger partial charge in [-0.3, -0.25) is 4.79 Å². The van der Waals surface area contributed by atoms with Crippen LogP contribution in [0.1, 0.15) is 47.7 Å². The van der Waals surface area contributed by atoms with Crippen molar-refractivity contribution in [3.8, 4) is 11.1 Å². The van der Waals surface area contributed by atoms with Crippen LogP contribution in [0.4, 0.5) is 10.7 Å². The molecule has 1 N–H and O–H groups in total. The van der Waals surface area contributed by atoms with E-state index < -0.39 is 11.9 Å². The topological polar surface area (TPSA) is 83.1 Å². The maximum Gasteiger partial charge on any atom is 0.341 e. The standard InChI is InChI=1S/C29H33NO6S/c1-5-33-28(32)25-24(21-15-11-9-12-16-21)26(37-27(25)30-22-17-13-10-14-18-22)23(31)19-20-29(34-6-2,35-7-3)36-8-4/h9-20,30H,5-8H2,1-4H3/b20-19+. The smallest absolute Gasteiger partial charge is 0.341 e. The van der Waals surface area contributed by atoms with E-state index in [0.717, 1.165) is 11.3 Å². The van der Waals surface area contributed by atoms with Gasteiger partial charge in [-0.05, 0) is 51.5 Å². The zero-order valence-electron chi connectivity index (χ0n) is 21.6. The van der Waals surface area contributed by atoms with Crippen molar-refractivity contribution in [1.29, 1.82) is 0 Å². The average molecular weight is 524 g/mol. The second-order valence-electron chi connectivity index (χ2n) is 7.69. The Hall–Kier alpha value is -3.30. The van der Waals surface area contributed by atoms with Crippen LogP contribution in [0.25, 0.3) is 11.1 Å². The Morgan fingerprint density at radius 2 is 1.41 bits per heavy atom. The fraction of sp³-hybridized carbons (Fsp3) is 0.310. The number of nitrogens with one attached hydrogen (secondary N) is 1. The molecule has 0 saturated heterocycles. The van der Waals surface area contributed by atoms with E-state index in [1.165, 1.54) is 23.5 Å². The maximum atomic E-state index is 13.7. The van der Waals surface area contributed by atoms with Crippen LogP contribution in [-0.2, 0) is 18.9 Å².